The molecule has 6 heteroatoms. The third kappa shape index (κ3) is 2.41. The lowest BCUT2D eigenvalue weighted by atomic mass is 10.3. The van der Waals surface area contributed by atoms with Crippen molar-refractivity contribution in [3.05, 3.63) is 30.4 Å². The first-order valence-electron chi connectivity index (χ1n) is 4.73. The highest BCUT2D eigenvalue weighted by atomic mass is 16.4. The fourth-order valence-corrected chi connectivity index (χ4v) is 1.13. The molecule has 2 rings (SSSR count). The molecule has 16 heavy (non-hydrogen) atoms. The summed E-state index contributed by atoms with van der Waals surface area (Å²) < 4.78 is 5.34. The molecule has 0 fully saturated rings. The maximum absolute atomic E-state index is 10.7. The Labute approximate surface area is 91.7 Å². The van der Waals surface area contributed by atoms with E-state index in [1.165, 1.54) is 6.92 Å². The van der Waals surface area contributed by atoms with Crippen LogP contribution in [0.15, 0.2) is 28.9 Å². The minimum absolute atomic E-state index is 0.138. The van der Waals surface area contributed by atoms with E-state index in [0.717, 1.165) is 5.56 Å². The minimum Gasteiger partial charge on any atom is -0.419 e. The van der Waals surface area contributed by atoms with Gasteiger partial charge in [0.25, 0.3) is 0 Å². The number of aromatic nitrogens is 3. The zero-order chi connectivity index (χ0) is 11.4. The van der Waals surface area contributed by atoms with Gasteiger partial charge in [0.1, 0.15) is 0 Å². The third-order valence-corrected chi connectivity index (χ3v) is 1.86. The molecule has 6 nitrogen and oxygen atoms in total. The molecule has 0 unspecified atom stereocenters. The Bertz CT molecular complexity index is 481. The maximum Gasteiger partial charge on any atom is 0.249 e. The maximum atomic E-state index is 10.7. The summed E-state index contributed by atoms with van der Waals surface area (Å²) in [5.41, 5.74) is 0.754. The Morgan fingerprint density at radius 3 is 3.06 bits per heavy atom. The Morgan fingerprint density at radius 2 is 2.38 bits per heavy atom. The zero-order valence-electron chi connectivity index (χ0n) is 8.67. The standard InChI is InChI=1S/C10H10N4O2/c1-7(15)12-6-9-13-14-10(16-9)8-3-2-4-11-5-8/h2-5H,6H2,1H3,(H,12,15). The van der Waals surface area contributed by atoms with Crippen molar-refractivity contribution in [2.45, 2.75) is 13.5 Å². The Kier molecular flexibility index (Phi) is 2.90. The van der Waals surface area contributed by atoms with Crippen LogP contribution in [-0.4, -0.2) is 21.1 Å². The molecule has 0 aliphatic carbocycles. The molecule has 0 atom stereocenters. The van der Waals surface area contributed by atoms with E-state index in [-0.39, 0.29) is 12.5 Å². The smallest absolute Gasteiger partial charge is 0.249 e. The van der Waals surface area contributed by atoms with Crippen molar-refractivity contribution in [3.8, 4) is 11.5 Å². The van der Waals surface area contributed by atoms with Crippen LogP contribution in [0, 0.1) is 0 Å². The fourth-order valence-electron chi connectivity index (χ4n) is 1.13. The average Bonchev–Trinajstić information content (AvgIpc) is 2.76. The third-order valence-electron chi connectivity index (χ3n) is 1.86. The number of nitrogens with one attached hydrogen (secondary N) is 1. The van der Waals surface area contributed by atoms with Crippen molar-refractivity contribution in [1.29, 1.82) is 0 Å². The van der Waals surface area contributed by atoms with Gasteiger partial charge < -0.3 is 9.73 Å². The summed E-state index contributed by atoms with van der Waals surface area (Å²) in [6.45, 7) is 1.67. The van der Waals surface area contributed by atoms with Crippen LogP contribution in [0.3, 0.4) is 0 Å². The monoisotopic (exact) mass is 218 g/mol. The second kappa shape index (κ2) is 4.52. The predicted octanol–water partition coefficient (Wildman–Crippen LogP) is 0.768. The molecule has 0 saturated carbocycles. The molecular weight excluding hydrogens is 208 g/mol. The summed E-state index contributed by atoms with van der Waals surface area (Å²) in [5, 5.41) is 10.2. The first-order chi connectivity index (χ1) is 7.75. The van der Waals surface area contributed by atoms with E-state index in [1.807, 2.05) is 6.07 Å². The summed E-state index contributed by atoms with van der Waals surface area (Å²) in [6.07, 6.45) is 3.30. The largest absolute Gasteiger partial charge is 0.419 e. The van der Waals surface area contributed by atoms with Crippen LogP contribution in [0.1, 0.15) is 12.8 Å². The van der Waals surface area contributed by atoms with Crippen molar-refractivity contribution in [2.24, 2.45) is 0 Å². The molecule has 1 N–H and O–H groups in total. The lowest BCUT2D eigenvalue weighted by Gasteiger charge is -1.95. The summed E-state index contributed by atoms with van der Waals surface area (Å²) >= 11 is 0. The molecule has 2 aromatic heterocycles. The number of rotatable bonds is 3. The summed E-state index contributed by atoms with van der Waals surface area (Å²) in [6, 6.07) is 3.61. The van der Waals surface area contributed by atoms with Gasteiger partial charge in [-0.1, -0.05) is 0 Å². The van der Waals surface area contributed by atoms with Crippen LogP contribution in [-0.2, 0) is 11.3 Å². The summed E-state index contributed by atoms with van der Waals surface area (Å²) in [4.78, 5) is 14.6. The van der Waals surface area contributed by atoms with Gasteiger partial charge in [-0.25, -0.2) is 0 Å². The van der Waals surface area contributed by atoms with Crippen molar-refractivity contribution < 1.29 is 9.21 Å². The normalized spacial score (nSPS) is 10.1. The van der Waals surface area contributed by atoms with Gasteiger partial charge in [-0.15, -0.1) is 10.2 Å². The van der Waals surface area contributed by atoms with E-state index in [1.54, 1.807) is 18.5 Å². The van der Waals surface area contributed by atoms with Gasteiger partial charge in [-0.2, -0.15) is 0 Å². The number of hydrogen-bond donors (Lipinski definition) is 1. The number of amides is 1. The topological polar surface area (TPSA) is 80.9 Å². The van der Waals surface area contributed by atoms with Crippen molar-refractivity contribution >= 4 is 5.91 Å². The molecule has 2 heterocycles. The van der Waals surface area contributed by atoms with Gasteiger partial charge in [-0.3, -0.25) is 9.78 Å². The van der Waals surface area contributed by atoms with Crippen LogP contribution in [0.5, 0.6) is 0 Å². The quantitative estimate of drug-likeness (QED) is 0.822. The van der Waals surface area contributed by atoms with Crippen molar-refractivity contribution in [1.82, 2.24) is 20.5 Å². The van der Waals surface area contributed by atoms with Gasteiger partial charge in [0, 0.05) is 19.3 Å². The lowest BCUT2D eigenvalue weighted by Crippen LogP contribution is -2.18. The van der Waals surface area contributed by atoms with E-state index >= 15 is 0 Å². The molecule has 0 radical (unpaired) electrons. The molecule has 0 saturated heterocycles. The summed E-state index contributed by atoms with van der Waals surface area (Å²) in [7, 11) is 0. The number of nitrogens with zero attached hydrogens (tertiary/aromatic N) is 3. The summed E-state index contributed by atoms with van der Waals surface area (Å²) in [5.74, 6) is 0.628. The first-order valence-corrected chi connectivity index (χ1v) is 4.73. The Morgan fingerprint density at radius 1 is 1.50 bits per heavy atom. The molecule has 0 aromatic carbocycles. The molecule has 1 amide bonds. The number of carbonyl (C=O) groups is 1. The second-order valence-corrected chi connectivity index (χ2v) is 3.15. The van der Waals surface area contributed by atoms with Gasteiger partial charge in [0.15, 0.2) is 0 Å². The molecular formula is C10H10N4O2. The number of pyridine rings is 1. The highest BCUT2D eigenvalue weighted by molar-refractivity contribution is 5.72. The van der Waals surface area contributed by atoms with E-state index in [9.17, 15) is 4.79 Å². The van der Waals surface area contributed by atoms with E-state index < -0.39 is 0 Å². The second-order valence-electron chi connectivity index (χ2n) is 3.15. The Hall–Kier alpha value is -2.24. The van der Waals surface area contributed by atoms with Crippen LogP contribution >= 0.6 is 0 Å². The average molecular weight is 218 g/mol. The van der Waals surface area contributed by atoms with Crippen LogP contribution < -0.4 is 5.32 Å². The SMILES string of the molecule is CC(=O)NCc1nnc(-c2cccnc2)o1. The lowest BCUT2D eigenvalue weighted by molar-refractivity contribution is -0.119. The molecule has 0 aliphatic heterocycles. The van der Waals surface area contributed by atoms with Crippen LogP contribution in [0.4, 0.5) is 0 Å². The highest BCUT2D eigenvalue weighted by Gasteiger charge is 2.08. The van der Waals surface area contributed by atoms with Gasteiger partial charge in [0.05, 0.1) is 12.1 Å². The van der Waals surface area contributed by atoms with E-state index in [0.29, 0.717) is 11.8 Å². The molecule has 0 spiro atoms. The number of hydrogen-bond acceptors (Lipinski definition) is 5. The Balaban J connectivity index is 2.11. The van der Waals surface area contributed by atoms with Crippen molar-refractivity contribution in [2.75, 3.05) is 0 Å². The number of carbonyl (C=O) groups excluding carboxylic acids is 1. The highest BCUT2D eigenvalue weighted by Crippen LogP contribution is 2.15. The van der Waals surface area contributed by atoms with E-state index in [2.05, 4.69) is 20.5 Å². The van der Waals surface area contributed by atoms with Crippen LogP contribution in [0.2, 0.25) is 0 Å². The molecule has 2 aromatic rings. The minimum atomic E-state index is -0.138. The van der Waals surface area contributed by atoms with Gasteiger partial charge >= 0.3 is 0 Å². The van der Waals surface area contributed by atoms with Gasteiger partial charge in [0.2, 0.25) is 17.7 Å². The molecule has 0 aliphatic rings. The first kappa shape index (κ1) is 10.3. The van der Waals surface area contributed by atoms with Gasteiger partial charge in [-0.05, 0) is 12.1 Å². The fraction of sp³-hybridized carbons (Fsp3) is 0.200. The zero-order valence-corrected chi connectivity index (χ0v) is 8.67. The molecule has 82 valence electrons. The van der Waals surface area contributed by atoms with E-state index in [4.69, 9.17) is 4.42 Å². The van der Waals surface area contributed by atoms with Crippen molar-refractivity contribution in [3.63, 3.8) is 0 Å². The van der Waals surface area contributed by atoms with Crippen LogP contribution in [0.25, 0.3) is 11.5 Å². The predicted molar refractivity (Wildman–Crippen MR) is 55.0 cm³/mol. The molecule has 0 bridgehead atoms.